The van der Waals surface area contributed by atoms with Gasteiger partial charge in [-0.1, -0.05) is 18.2 Å². The van der Waals surface area contributed by atoms with Gasteiger partial charge in [0.05, 0.1) is 0 Å². The van der Waals surface area contributed by atoms with Crippen molar-refractivity contribution in [1.29, 1.82) is 0 Å². The molecule has 0 saturated heterocycles. The molecule has 1 aromatic heterocycles. The molecule has 3 heteroatoms. The van der Waals surface area contributed by atoms with Gasteiger partial charge in [0, 0.05) is 30.2 Å². The van der Waals surface area contributed by atoms with E-state index in [4.69, 9.17) is 0 Å². The van der Waals surface area contributed by atoms with Crippen LogP contribution in [0.5, 0.6) is 0 Å². The Labute approximate surface area is 119 Å². The molecule has 0 atom stereocenters. The molecule has 0 unspecified atom stereocenters. The molecule has 100 valence electrons. The third-order valence-electron chi connectivity index (χ3n) is 3.65. The van der Waals surface area contributed by atoms with Crippen LogP contribution in [0, 0.1) is 0 Å². The molecule has 1 aliphatic heterocycles. The van der Waals surface area contributed by atoms with Gasteiger partial charge < -0.3 is 10.2 Å². The molecule has 0 fully saturated rings. The lowest BCUT2D eigenvalue weighted by Gasteiger charge is -2.16. The van der Waals surface area contributed by atoms with Gasteiger partial charge in [-0.05, 0) is 48.5 Å². The van der Waals surface area contributed by atoms with Crippen LogP contribution >= 0.6 is 11.3 Å². The SMILES string of the molecule is CN(CCc1cccs1)Cc1ccc2c(c1)CCN2. The monoisotopic (exact) mass is 272 g/mol. The van der Waals surface area contributed by atoms with E-state index in [1.165, 1.54) is 28.1 Å². The van der Waals surface area contributed by atoms with Crippen LogP contribution in [0.25, 0.3) is 0 Å². The highest BCUT2D eigenvalue weighted by Crippen LogP contribution is 2.23. The van der Waals surface area contributed by atoms with E-state index in [-0.39, 0.29) is 0 Å². The molecule has 2 nitrogen and oxygen atoms in total. The van der Waals surface area contributed by atoms with E-state index in [9.17, 15) is 0 Å². The molecule has 2 heterocycles. The van der Waals surface area contributed by atoms with E-state index in [2.05, 4.69) is 53.0 Å². The Morgan fingerprint density at radius 2 is 2.26 bits per heavy atom. The Bertz CT molecular complexity index is 534. The molecule has 0 amide bonds. The lowest BCUT2D eigenvalue weighted by Crippen LogP contribution is -2.20. The van der Waals surface area contributed by atoms with Crippen molar-refractivity contribution in [3.63, 3.8) is 0 Å². The van der Waals surface area contributed by atoms with Crippen LogP contribution < -0.4 is 5.32 Å². The second kappa shape index (κ2) is 5.76. The molecule has 0 spiro atoms. The van der Waals surface area contributed by atoms with Crippen molar-refractivity contribution >= 4 is 17.0 Å². The van der Waals surface area contributed by atoms with E-state index in [0.717, 1.165) is 26.1 Å². The van der Waals surface area contributed by atoms with Gasteiger partial charge in [0.15, 0.2) is 0 Å². The largest absolute Gasteiger partial charge is 0.384 e. The topological polar surface area (TPSA) is 15.3 Å². The lowest BCUT2D eigenvalue weighted by atomic mass is 10.1. The van der Waals surface area contributed by atoms with Crippen molar-refractivity contribution in [2.75, 3.05) is 25.5 Å². The lowest BCUT2D eigenvalue weighted by molar-refractivity contribution is 0.332. The molecular formula is C16H20N2S. The zero-order chi connectivity index (χ0) is 13.1. The molecule has 2 aromatic rings. The predicted molar refractivity (Wildman–Crippen MR) is 83.0 cm³/mol. The highest BCUT2D eigenvalue weighted by Gasteiger charge is 2.10. The summed E-state index contributed by atoms with van der Waals surface area (Å²) in [5.74, 6) is 0. The molecule has 19 heavy (non-hydrogen) atoms. The highest BCUT2D eigenvalue weighted by molar-refractivity contribution is 7.09. The number of rotatable bonds is 5. The van der Waals surface area contributed by atoms with Gasteiger partial charge in [0.2, 0.25) is 0 Å². The minimum Gasteiger partial charge on any atom is -0.384 e. The second-order valence-corrected chi connectivity index (χ2v) is 6.27. The van der Waals surface area contributed by atoms with E-state index in [1.807, 2.05) is 11.3 Å². The van der Waals surface area contributed by atoms with E-state index in [0.29, 0.717) is 0 Å². The fourth-order valence-electron chi connectivity index (χ4n) is 2.60. The summed E-state index contributed by atoms with van der Waals surface area (Å²) in [6.45, 7) is 3.25. The van der Waals surface area contributed by atoms with Crippen LogP contribution in [-0.2, 0) is 19.4 Å². The molecular weight excluding hydrogens is 252 g/mol. The third-order valence-corrected chi connectivity index (χ3v) is 4.59. The van der Waals surface area contributed by atoms with Crippen molar-refractivity contribution < 1.29 is 0 Å². The quantitative estimate of drug-likeness (QED) is 0.897. The first-order valence-corrected chi connectivity index (χ1v) is 7.76. The fourth-order valence-corrected chi connectivity index (χ4v) is 3.30. The molecule has 1 aromatic carbocycles. The van der Waals surface area contributed by atoms with Gasteiger partial charge >= 0.3 is 0 Å². The molecule has 3 rings (SSSR count). The van der Waals surface area contributed by atoms with Crippen LogP contribution in [0.15, 0.2) is 35.7 Å². The number of likely N-dealkylation sites (N-methyl/N-ethyl adjacent to an activating group) is 1. The van der Waals surface area contributed by atoms with Gasteiger partial charge in [-0.2, -0.15) is 0 Å². The maximum Gasteiger partial charge on any atom is 0.0373 e. The highest BCUT2D eigenvalue weighted by atomic mass is 32.1. The normalized spacial score (nSPS) is 13.6. The van der Waals surface area contributed by atoms with Gasteiger partial charge in [0.1, 0.15) is 0 Å². The summed E-state index contributed by atoms with van der Waals surface area (Å²) in [7, 11) is 2.21. The summed E-state index contributed by atoms with van der Waals surface area (Å²) < 4.78 is 0. The Hall–Kier alpha value is -1.32. The van der Waals surface area contributed by atoms with Crippen molar-refractivity contribution in [1.82, 2.24) is 4.90 Å². The van der Waals surface area contributed by atoms with Crippen LogP contribution in [0.1, 0.15) is 16.0 Å². The Morgan fingerprint density at radius 1 is 1.32 bits per heavy atom. The number of nitrogens with one attached hydrogen (secondary N) is 1. The van der Waals surface area contributed by atoms with Crippen LogP contribution in [0.4, 0.5) is 5.69 Å². The fraction of sp³-hybridized carbons (Fsp3) is 0.375. The summed E-state index contributed by atoms with van der Waals surface area (Å²) in [6, 6.07) is 11.2. The zero-order valence-electron chi connectivity index (χ0n) is 11.4. The molecule has 0 aliphatic carbocycles. The van der Waals surface area contributed by atoms with Crippen molar-refractivity contribution in [2.24, 2.45) is 0 Å². The smallest absolute Gasteiger partial charge is 0.0373 e. The first-order chi connectivity index (χ1) is 9.31. The Kier molecular flexibility index (Phi) is 3.85. The summed E-state index contributed by atoms with van der Waals surface area (Å²) >= 11 is 1.85. The summed E-state index contributed by atoms with van der Waals surface area (Å²) in [5.41, 5.74) is 4.23. The van der Waals surface area contributed by atoms with Crippen molar-refractivity contribution in [3.8, 4) is 0 Å². The van der Waals surface area contributed by atoms with Crippen LogP contribution in [0.2, 0.25) is 0 Å². The van der Waals surface area contributed by atoms with Gasteiger partial charge in [-0.3, -0.25) is 0 Å². The standard InChI is InChI=1S/C16H20N2S/c1-18(9-7-15-3-2-10-19-15)12-13-4-5-16-14(11-13)6-8-17-16/h2-5,10-11,17H,6-9,12H2,1H3. The summed E-state index contributed by atoms with van der Waals surface area (Å²) in [6.07, 6.45) is 2.32. The first-order valence-electron chi connectivity index (χ1n) is 6.88. The summed E-state index contributed by atoms with van der Waals surface area (Å²) in [5, 5.41) is 5.57. The van der Waals surface area contributed by atoms with Crippen LogP contribution in [-0.4, -0.2) is 25.0 Å². The Morgan fingerprint density at radius 3 is 3.11 bits per heavy atom. The van der Waals surface area contributed by atoms with Gasteiger partial charge in [-0.15, -0.1) is 11.3 Å². The molecule has 0 bridgehead atoms. The molecule has 0 saturated carbocycles. The number of thiophene rings is 1. The Balaban J connectivity index is 1.55. The minimum absolute atomic E-state index is 1.04. The number of benzene rings is 1. The number of hydrogen-bond donors (Lipinski definition) is 1. The second-order valence-electron chi connectivity index (χ2n) is 5.24. The number of anilines is 1. The van der Waals surface area contributed by atoms with Gasteiger partial charge in [0.25, 0.3) is 0 Å². The van der Waals surface area contributed by atoms with Gasteiger partial charge in [-0.25, -0.2) is 0 Å². The number of hydrogen-bond acceptors (Lipinski definition) is 3. The van der Waals surface area contributed by atoms with Crippen LogP contribution in [0.3, 0.4) is 0 Å². The number of nitrogens with zero attached hydrogens (tertiary/aromatic N) is 1. The molecule has 1 N–H and O–H groups in total. The zero-order valence-corrected chi connectivity index (χ0v) is 12.2. The number of fused-ring (bicyclic) bond motifs is 1. The maximum absolute atomic E-state index is 3.41. The average Bonchev–Trinajstić information content (AvgIpc) is 3.07. The predicted octanol–water partition coefficient (Wildman–Crippen LogP) is 3.39. The summed E-state index contributed by atoms with van der Waals surface area (Å²) in [4.78, 5) is 3.88. The van der Waals surface area contributed by atoms with E-state index in [1.54, 1.807) is 0 Å². The van der Waals surface area contributed by atoms with Crippen molar-refractivity contribution in [2.45, 2.75) is 19.4 Å². The third kappa shape index (κ3) is 3.17. The maximum atomic E-state index is 3.41. The van der Waals surface area contributed by atoms with E-state index >= 15 is 0 Å². The first kappa shape index (κ1) is 12.7. The van der Waals surface area contributed by atoms with Crippen molar-refractivity contribution in [3.05, 3.63) is 51.7 Å². The average molecular weight is 272 g/mol. The minimum atomic E-state index is 1.04. The van der Waals surface area contributed by atoms with E-state index < -0.39 is 0 Å². The molecule has 0 radical (unpaired) electrons. The molecule has 1 aliphatic rings.